The van der Waals surface area contributed by atoms with Gasteiger partial charge in [0.1, 0.15) is 5.54 Å². The second-order valence-corrected chi connectivity index (χ2v) is 3.88. The number of halogens is 1. The lowest BCUT2D eigenvalue weighted by Crippen LogP contribution is -2.44. The minimum atomic E-state index is -1.41. The number of aliphatic carboxylic acids is 1. The smallest absolute Gasteiger partial charge is 0.323 e. The van der Waals surface area contributed by atoms with Crippen LogP contribution in [0.5, 0.6) is 0 Å². The highest BCUT2D eigenvalue weighted by Gasteiger charge is 2.27. The lowest BCUT2D eigenvalue weighted by atomic mass is 9.97. The molecule has 0 saturated carbocycles. The number of hydrogen-bond donors (Lipinski definition) is 4. The number of carboxylic acid groups (broad SMARTS) is 1. The molecule has 0 spiro atoms. The SMILES string of the molecule is CC(=N)NC/C=C(/F)CCC(C)(N)C(=O)O. The Morgan fingerprint density at radius 3 is 2.69 bits per heavy atom. The fourth-order valence-corrected chi connectivity index (χ4v) is 0.903. The van der Waals surface area contributed by atoms with Gasteiger partial charge >= 0.3 is 5.97 Å². The van der Waals surface area contributed by atoms with Crippen LogP contribution in [0, 0.1) is 5.41 Å². The van der Waals surface area contributed by atoms with Crippen molar-refractivity contribution < 1.29 is 14.3 Å². The molecule has 0 aromatic rings. The van der Waals surface area contributed by atoms with E-state index >= 15 is 0 Å². The predicted octanol–water partition coefficient (Wildman–Crippen LogP) is 1.01. The van der Waals surface area contributed by atoms with Crippen LogP contribution >= 0.6 is 0 Å². The van der Waals surface area contributed by atoms with Gasteiger partial charge in [0, 0.05) is 13.0 Å². The molecule has 0 rings (SSSR count). The monoisotopic (exact) mass is 231 g/mol. The molecule has 0 saturated heterocycles. The summed E-state index contributed by atoms with van der Waals surface area (Å²) in [6, 6.07) is 0. The van der Waals surface area contributed by atoms with E-state index in [9.17, 15) is 9.18 Å². The summed E-state index contributed by atoms with van der Waals surface area (Å²) in [5.41, 5.74) is 4.03. The van der Waals surface area contributed by atoms with Crippen molar-refractivity contribution in [1.82, 2.24) is 5.32 Å². The van der Waals surface area contributed by atoms with Gasteiger partial charge in [-0.25, -0.2) is 4.39 Å². The Bertz CT molecular complexity index is 300. The lowest BCUT2D eigenvalue weighted by molar-refractivity contribution is -0.142. The van der Waals surface area contributed by atoms with E-state index in [1.807, 2.05) is 0 Å². The molecule has 0 aliphatic carbocycles. The second kappa shape index (κ2) is 6.22. The molecule has 0 heterocycles. The topological polar surface area (TPSA) is 99.2 Å². The van der Waals surface area contributed by atoms with E-state index in [-0.39, 0.29) is 25.2 Å². The van der Waals surface area contributed by atoms with Crippen LogP contribution in [-0.2, 0) is 4.79 Å². The van der Waals surface area contributed by atoms with E-state index in [1.165, 1.54) is 13.0 Å². The van der Waals surface area contributed by atoms with E-state index in [0.717, 1.165) is 0 Å². The fourth-order valence-electron chi connectivity index (χ4n) is 0.903. The second-order valence-electron chi connectivity index (χ2n) is 3.88. The van der Waals surface area contributed by atoms with Gasteiger partial charge < -0.3 is 16.2 Å². The number of carboxylic acids is 1. The standard InChI is InChI=1S/C10H18FN3O2/c1-7(12)14-6-4-8(11)3-5-10(2,13)9(15)16/h4H,3,5-6,13H2,1-2H3,(H2,12,14)(H,15,16)/b8-4+. The number of amidine groups is 1. The third kappa shape index (κ3) is 6.13. The van der Waals surface area contributed by atoms with Gasteiger partial charge in [0.2, 0.25) is 0 Å². The van der Waals surface area contributed by atoms with Gasteiger partial charge in [-0.15, -0.1) is 0 Å². The average Bonchev–Trinajstić information content (AvgIpc) is 2.14. The molecule has 1 atom stereocenters. The molecule has 5 nitrogen and oxygen atoms in total. The maximum atomic E-state index is 13.1. The van der Waals surface area contributed by atoms with Gasteiger partial charge in [-0.05, 0) is 26.3 Å². The summed E-state index contributed by atoms with van der Waals surface area (Å²) in [6.07, 6.45) is 1.29. The Morgan fingerprint density at radius 2 is 2.25 bits per heavy atom. The summed E-state index contributed by atoms with van der Waals surface area (Å²) >= 11 is 0. The number of hydrogen-bond acceptors (Lipinski definition) is 3. The quantitative estimate of drug-likeness (QED) is 0.405. The minimum Gasteiger partial charge on any atom is -0.480 e. The van der Waals surface area contributed by atoms with Crippen molar-refractivity contribution in [2.75, 3.05) is 6.54 Å². The van der Waals surface area contributed by atoms with Crippen LogP contribution in [0.4, 0.5) is 4.39 Å². The molecule has 0 bridgehead atoms. The molecule has 6 heteroatoms. The van der Waals surface area contributed by atoms with Crippen molar-refractivity contribution in [3.63, 3.8) is 0 Å². The molecular weight excluding hydrogens is 213 g/mol. The Kier molecular flexibility index (Phi) is 5.66. The highest BCUT2D eigenvalue weighted by Crippen LogP contribution is 2.14. The summed E-state index contributed by atoms with van der Waals surface area (Å²) in [4.78, 5) is 10.6. The Labute approximate surface area is 94.0 Å². The molecule has 92 valence electrons. The number of rotatable bonds is 6. The molecule has 0 fully saturated rings. The molecule has 0 aromatic carbocycles. The van der Waals surface area contributed by atoms with Gasteiger partial charge in [-0.2, -0.15) is 0 Å². The van der Waals surface area contributed by atoms with Gasteiger partial charge in [0.05, 0.1) is 11.7 Å². The molecule has 0 aromatic heterocycles. The van der Waals surface area contributed by atoms with Crippen molar-refractivity contribution in [2.45, 2.75) is 32.2 Å². The third-order valence-corrected chi connectivity index (χ3v) is 2.06. The summed E-state index contributed by atoms with van der Waals surface area (Å²) < 4.78 is 13.1. The van der Waals surface area contributed by atoms with Gasteiger partial charge in [-0.3, -0.25) is 10.2 Å². The van der Waals surface area contributed by atoms with Gasteiger partial charge in [-0.1, -0.05) is 0 Å². The number of nitrogens with two attached hydrogens (primary N) is 1. The summed E-state index contributed by atoms with van der Waals surface area (Å²) in [5.74, 6) is -1.32. The van der Waals surface area contributed by atoms with E-state index in [4.69, 9.17) is 16.2 Å². The van der Waals surface area contributed by atoms with Crippen LogP contribution in [0.3, 0.4) is 0 Å². The Morgan fingerprint density at radius 1 is 1.69 bits per heavy atom. The zero-order valence-electron chi connectivity index (χ0n) is 9.51. The van der Waals surface area contributed by atoms with E-state index < -0.39 is 17.3 Å². The Balaban J connectivity index is 4.01. The number of allylic oxidation sites excluding steroid dienone is 1. The van der Waals surface area contributed by atoms with Gasteiger partial charge in [0.15, 0.2) is 0 Å². The highest BCUT2D eigenvalue weighted by molar-refractivity contribution is 5.77. The van der Waals surface area contributed by atoms with Crippen molar-refractivity contribution in [2.24, 2.45) is 5.73 Å². The molecule has 0 aliphatic rings. The van der Waals surface area contributed by atoms with E-state index in [2.05, 4.69) is 5.32 Å². The van der Waals surface area contributed by atoms with Crippen LogP contribution < -0.4 is 11.1 Å². The van der Waals surface area contributed by atoms with Crippen LogP contribution in [0.1, 0.15) is 26.7 Å². The summed E-state index contributed by atoms with van der Waals surface area (Å²) in [6.45, 7) is 3.12. The van der Waals surface area contributed by atoms with Crippen molar-refractivity contribution in [3.8, 4) is 0 Å². The zero-order valence-corrected chi connectivity index (χ0v) is 9.51. The first kappa shape index (κ1) is 14.6. The zero-order chi connectivity index (χ0) is 12.8. The summed E-state index contributed by atoms with van der Waals surface area (Å²) in [7, 11) is 0. The first-order chi connectivity index (χ1) is 7.25. The molecule has 16 heavy (non-hydrogen) atoms. The van der Waals surface area contributed by atoms with Crippen LogP contribution in [0.15, 0.2) is 11.9 Å². The van der Waals surface area contributed by atoms with Crippen LogP contribution in [0.25, 0.3) is 0 Å². The molecule has 5 N–H and O–H groups in total. The molecule has 1 unspecified atom stereocenters. The first-order valence-corrected chi connectivity index (χ1v) is 4.91. The number of carbonyl (C=O) groups is 1. The van der Waals surface area contributed by atoms with Crippen LogP contribution in [0.2, 0.25) is 0 Å². The average molecular weight is 231 g/mol. The van der Waals surface area contributed by atoms with Crippen molar-refractivity contribution in [3.05, 3.63) is 11.9 Å². The minimum absolute atomic E-state index is 0.0158. The highest BCUT2D eigenvalue weighted by atomic mass is 19.1. The van der Waals surface area contributed by atoms with Crippen LogP contribution in [-0.4, -0.2) is 29.0 Å². The molecule has 0 amide bonds. The van der Waals surface area contributed by atoms with E-state index in [0.29, 0.717) is 0 Å². The first-order valence-electron chi connectivity index (χ1n) is 4.91. The predicted molar refractivity (Wildman–Crippen MR) is 60.1 cm³/mol. The molecular formula is C10H18FN3O2. The largest absolute Gasteiger partial charge is 0.480 e. The maximum Gasteiger partial charge on any atom is 0.323 e. The lowest BCUT2D eigenvalue weighted by Gasteiger charge is -2.18. The molecule has 0 aliphatic heterocycles. The maximum absolute atomic E-state index is 13.1. The third-order valence-electron chi connectivity index (χ3n) is 2.06. The summed E-state index contributed by atoms with van der Waals surface area (Å²) in [5, 5.41) is 18.3. The fraction of sp³-hybridized carbons (Fsp3) is 0.600. The number of nitrogens with one attached hydrogen (secondary N) is 2. The van der Waals surface area contributed by atoms with Gasteiger partial charge in [0.25, 0.3) is 0 Å². The Hall–Kier alpha value is -1.43. The van der Waals surface area contributed by atoms with Crippen molar-refractivity contribution >= 4 is 11.8 Å². The van der Waals surface area contributed by atoms with Crippen molar-refractivity contribution in [1.29, 1.82) is 5.41 Å². The molecule has 0 radical (unpaired) electrons. The normalized spacial score (nSPS) is 15.4. The van der Waals surface area contributed by atoms with E-state index in [1.54, 1.807) is 6.92 Å².